The molecular weight excluding hydrogens is 322 g/mol. The Kier molecular flexibility index (Phi) is 4.68. The number of fused-ring (bicyclic) bond motifs is 5. The van der Waals surface area contributed by atoms with Gasteiger partial charge in [0, 0.05) is 0 Å². The third-order valence-electron chi connectivity index (χ3n) is 9.26. The van der Waals surface area contributed by atoms with Crippen LogP contribution in [0.5, 0.6) is 0 Å². The number of rotatable bonds is 2. The summed E-state index contributed by atoms with van der Waals surface area (Å²) in [7, 11) is 0. The van der Waals surface area contributed by atoms with E-state index < -0.39 is 0 Å². The van der Waals surface area contributed by atoms with Gasteiger partial charge in [0.25, 0.3) is 0 Å². The number of hydrogen-bond donors (Lipinski definition) is 1. The number of aliphatic hydroxyl groups is 1. The van der Waals surface area contributed by atoms with Gasteiger partial charge < -0.3 is 9.84 Å². The highest BCUT2D eigenvalue weighted by molar-refractivity contribution is 5.13. The first kappa shape index (κ1) is 18.8. The van der Waals surface area contributed by atoms with Crippen LogP contribution < -0.4 is 0 Å². The molecule has 4 aliphatic carbocycles. The molecule has 4 rings (SSSR count). The number of aliphatic hydroxyl groups excluding tert-OH is 1. The molecule has 0 aromatic carbocycles. The second-order valence-corrected chi connectivity index (χ2v) is 10.7. The molecule has 4 fully saturated rings. The van der Waals surface area contributed by atoms with E-state index in [0.29, 0.717) is 11.3 Å². The highest BCUT2D eigenvalue weighted by atomic mass is 16.5. The molecule has 9 unspecified atom stereocenters. The van der Waals surface area contributed by atoms with Crippen molar-refractivity contribution in [2.75, 3.05) is 0 Å². The molecule has 0 radical (unpaired) electrons. The van der Waals surface area contributed by atoms with E-state index in [1.807, 2.05) is 0 Å². The largest absolute Gasteiger partial charge is 0.390 e. The van der Waals surface area contributed by atoms with Gasteiger partial charge in [0.1, 0.15) is 0 Å². The van der Waals surface area contributed by atoms with Crippen LogP contribution in [0.4, 0.5) is 0 Å². The fourth-order valence-electron chi connectivity index (χ4n) is 7.95. The molecule has 26 heavy (non-hydrogen) atoms. The third-order valence-corrected chi connectivity index (χ3v) is 9.26. The van der Waals surface area contributed by atoms with Gasteiger partial charge in [0.15, 0.2) is 0 Å². The number of nitriles is 1. The summed E-state index contributed by atoms with van der Waals surface area (Å²) in [4.78, 5) is 0. The number of hydrogen-bond acceptors (Lipinski definition) is 3. The molecular formula is C23H37NO2. The van der Waals surface area contributed by atoms with Crippen LogP contribution in [0.3, 0.4) is 0 Å². The average Bonchev–Trinajstić information content (AvgIpc) is 2.92. The molecule has 4 saturated carbocycles. The van der Waals surface area contributed by atoms with Crippen molar-refractivity contribution in [3.05, 3.63) is 0 Å². The summed E-state index contributed by atoms with van der Waals surface area (Å²) in [6.45, 7) is 9.09. The van der Waals surface area contributed by atoms with Gasteiger partial charge in [0.2, 0.25) is 0 Å². The van der Waals surface area contributed by atoms with Crippen LogP contribution in [-0.4, -0.2) is 23.4 Å². The topological polar surface area (TPSA) is 53.2 Å². The van der Waals surface area contributed by atoms with Crippen LogP contribution in [0, 0.1) is 51.8 Å². The minimum atomic E-state index is -0.296. The summed E-state index contributed by atoms with van der Waals surface area (Å²) < 4.78 is 6.15. The van der Waals surface area contributed by atoms with E-state index in [0.717, 1.165) is 37.0 Å². The van der Waals surface area contributed by atoms with Crippen LogP contribution in [0.2, 0.25) is 0 Å². The van der Waals surface area contributed by atoms with Gasteiger partial charge >= 0.3 is 0 Å². The number of ether oxygens (including phenoxy) is 1. The Labute approximate surface area is 159 Å². The van der Waals surface area contributed by atoms with E-state index in [4.69, 9.17) is 4.74 Å². The van der Waals surface area contributed by atoms with Crippen molar-refractivity contribution in [2.24, 2.45) is 40.4 Å². The molecule has 0 aliphatic heterocycles. The lowest BCUT2D eigenvalue weighted by Gasteiger charge is -2.61. The van der Waals surface area contributed by atoms with Gasteiger partial charge in [-0.15, -0.1) is 0 Å². The van der Waals surface area contributed by atoms with Crippen molar-refractivity contribution in [2.45, 2.75) is 97.4 Å². The Bertz CT molecular complexity index is 583. The van der Waals surface area contributed by atoms with Crippen LogP contribution in [-0.2, 0) is 4.74 Å². The smallest absolute Gasteiger partial charge is 0.0842 e. The van der Waals surface area contributed by atoms with Gasteiger partial charge in [0.05, 0.1) is 30.3 Å². The van der Waals surface area contributed by atoms with Gasteiger partial charge in [-0.25, -0.2) is 0 Å². The molecule has 146 valence electrons. The molecule has 3 heteroatoms. The monoisotopic (exact) mass is 359 g/mol. The molecule has 0 aromatic rings. The Balaban J connectivity index is 1.59. The minimum Gasteiger partial charge on any atom is -0.390 e. The van der Waals surface area contributed by atoms with Crippen LogP contribution in [0.1, 0.15) is 79.1 Å². The summed E-state index contributed by atoms with van der Waals surface area (Å²) in [6, 6.07) is 2.65. The summed E-state index contributed by atoms with van der Waals surface area (Å²) in [5.41, 5.74) is 0.550. The lowest BCUT2D eigenvalue weighted by molar-refractivity contribution is -0.179. The van der Waals surface area contributed by atoms with Crippen molar-refractivity contribution in [1.82, 2.24) is 0 Å². The molecule has 0 amide bonds. The maximum atomic E-state index is 10.7. The van der Waals surface area contributed by atoms with E-state index in [-0.39, 0.29) is 29.6 Å². The third kappa shape index (κ3) is 2.67. The summed E-state index contributed by atoms with van der Waals surface area (Å²) >= 11 is 0. The predicted octanol–water partition coefficient (Wildman–Crippen LogP) is 4.93. The van der Waals surface area contributed by atoms with E-state index in [9.17, 15) is 10.4 Å². The van der Waals surface area contributed by atoms with Gasteiger partial charge in [-0.3, -0.25) is 0 Å². The van der Waals surface area contributed by atoms with Gasteiger partial charge in [-0.2, -0.15) is 5.26 Å². The zero-order valence-corrected chi connectivity index (χ0v) is 17.1. The van der Waals surface area contributed by atoms with E-state index >= 15 is 0 Å². The Hall–Kier alpha value is -0.590. The van der Waals surface area contributed by atoms with Crippen molar-refractivity contribution in [3.63, 3.8) is 0 Å². The molecule has 0 heterocycles. The quantitative estimate of drug-likeness (QED) is 0.760. The molecule has 0 bridgehead atoms. The SMILES string of the molecule is CC(C)OC1CC2(C)C(CCC3C4CCC(C#N)C4(C)CCC32)CC1O. The lowest BCUT2D eigenvalue weighted by Crippen LogP contribution is -2.57. The molecule has 4 aliphatic rings. The molecule has 0 aromatic heterocycles. The first-order valence-corrected chi connectivity index (χ1v) is 11.0. The normalized spacial score (nSPS) is 53.5. The maximum Gasteiger partial charge on any atom is 0.0842 e. The Morgan fingerprint density at radius 1 is 1.04 bits per heavy atom. The molecule has 3 nitrogen and oxygen atoms in total. The lowest BCUT2D eigenvalue weighted by atomic mass is 9.44. The van der Waals surface area contributed by atoms with Gasteiger partial charge in [-0.1, -0.05) is 13.8 Å². The second-order valence-electron chi connectivity index (χ2n) is 10.7. The molecule has 9 atom stereocenters. The highest BCUT2D eigenvalue weighted by Crippen LogP contribution is 2.67. The highest BCUT2D eigenvalue weighted by Gasteiger charge is 2.61. The zero-order chi connectivity index (χ0) is 18.7. The first-order valence-electron chi connectivity index (χ1n) is 11.0. The van der Waals surface area contributed by atoms with Crippen molar-refractivity contribution in [1.29, 1.82) is 5.26 Å². The second kappa shape index (κ2) is 6.49. The maximum absolute atomic E-state index is 10.7. The fraction of sp³-hybridized carbons (Fsp3) is 0.957. The molecule has 0 saturated heterocycles. The standard InChI is InChI=1S/C23H37NO2/c1-14(2)26-21-12-23(4)15(11-20(21)25)5-7-17-18-8-6-16(13-24)22(18,3)10-9-19(17)23/h14-21,25H,5-12H2,1-4H3. The Morgan fingerprint density at radius 3 is 2.46 bits per heavy atom. The zero-order valence-electron chi connectivity index (χ0n) is 17.1. The van der Waals surface area contributed by atoms with Crippen molar-refractivity contribution in [3.8, 4) is 6.07 Å². The van der Waals surface area contributed by atoms with Crippen LogP contribution >= 0.6 is 0 Å². The summed E-state index contributed by atoms with van der Waals surface area (Å²) in [5, 5.41) is 20.3. The van der Waals surface area contributed by atoms with Crippen molar-refractivity contribution >= 4 is 0 Å². The van der Waals surface area contributed by atoms with E-state index in [2.05, 4.69) is 33.8 Å². The van der Waals surface area contributed by atoms with Gasteiger partial charge in [-0.05, 0) is 99.7 Å². The predicted molar refractivity (Wildman–Crippen MR) is 102 cm³/mol. The summed E-state index contributed by atoms with van der Waals surface area (Å²) in [5.74, 6) is 3.18. The molecule has 1 N–H and O–H groups in total. The fourth-order valence-corrected chi connectivity index (χ4v) is 7.95. The Morgan fingerprint density at radius 2 is 1.77 bits per heavy atom. The van der Waals surface area contributed by atoms with E-state index in [1.165, 1.54) is 32.1 Å². The number of nitrogens with zero attached hydrogens (tertiary/aromatic N) is 1. The van der Waals surface area contributed by atoms with E-state index in [1.54, 1.807) is 0 Å². The van der Waals surface area contributed by atoms with Crippen LogP contribution in [0.25, 0.3) is 0 Å². The van der Waals surface area contributed by atoms with Crippen molar-refractivity contribution < 1.29 is 9.84 Å². The van der Waals surface area contributed by atoms with Crippen LogP contribution in [0.15, 0.2) is 0 Å². The molecule has 0 spiro atoms. The first-order chi connectivity index (χ1) is 12.3. The average molecular weight is 360 g/mol. The summed E-state index contributed by atoms with van der Waals surface area (Å²) in [6.07, 6.45) is 9.24. The minimum absolute atomic E-state index is 0.00116.